The molecule has 0 aromatic carbocycles. The molecule has 11 heteroatoms. The molecule has 116 valence electrons. The highest BCUT2D eigenvalue weighted by Crippen LogP contribution is 2.60. The van der Waals surface area contributed by atoms with Crippen molar-refractivity contribution in [2.45, 2.75) is 18.7 Å². The first kappa shape index (κ1) is 19.0. The Morgan fingerprint density at radius 2 is 1.85 bits per heavy atom. The Balaban J connectivity index is 5.54. The minimum absolute atomic E-state index is 0.120. The summed E-state index contributed by atoms with van der Waals surface area (Å²) in [6.07, 6.45) is 0.550. The maximum Gasteiger partial charge on any atom is 0.374 e. The first-order valence-electron chi connectivity index (χ1n) is 5.22. The Hall–Kier alpha value is -0.980. The molecule has 0 bridgehead atoms. The number of hydrogen-bond donors (Lipinski definition) is 0. The van der Waals surface area contributed by atoms with Crippen LogP contribution in [0.3, 0.4) is 0 Å². The molecule has 9 nitrogen and oxygen atoms in total. The molecule has 0 aliphatic carbocycles. The molecule has 20 heavy (non-hydrogen) atoms. The van der Waals surface area contributed by atoms with Gasteiger partial charge in [-0.1, -0.05) is 0 Å². The first-order valence-corrected chi connectivity index (χ1v) is 8.58. The van der Waals surface area contributed by atoms with E-state index in [-0.39, 0.29) is 13.0 Å². The smallest absolute Gasteiger partial charge is 0.374 e. The van der Waals surface area contributed by atoms with Crippen molar-refractivity contribution in [1.29, 1.82) is 5.26 Å². The van der Waals surface area contributed by atoms with Gasteiger partial charge in [0.15, 0.2) is 0 Å². The zero-order chi connectivity index (χ0) is 16.0. The zero-order valence-electron chi connectivity index (χ0n) is 11.5. The third-order valence-corrected chi connectivity index (χ3v) is 5.18. The van der Waals surface area contributed by atoms with Gasteiger partial charge < -0.3 is 13.8 Å². The highest BCUT2D eigenvalue weighted by atomic mass is 32.2. The van der Waals surface area contributed by atoms with Gasteiger partial charge in [0.25, 0.3) is 15.5 Å². The van der Waals surface area contributed by atoms with Gasteiger partial charge in [-0.3, -0.25) is 4.57 Å². The number of hydrogen-bond acceptors (Lipinski definition) is 9. The maximum atomic E-state index is 12.3. The predicted octanol–water partition coefficient (Wildman–Crippen LogP) is 0.622. The second-order valence-corrected chi connectivity index (χ2v) is 7.83. The average Bonchev–Trinajstić information content (AvgIpc) is 2.35. The minimum Gasteiger partial charge on any atom is -0.462 e. The molecule has 0 saturated heterocycles. The van der Waals surface area contributed by atoms with Gasteiger partial charge in [-0.25, -0.2) is 8.98 Å². The normalized spacial score (nSPS) is 15.2. The molecule has 1 unspecified atom stereocenters. The monoisotopic (exact) mass is 329 g/mol. The number of carbonyl (C=O) groups excluding carboxylic acids is 1. The molecule has 0 radical (unpaired) electrons. The molecule has 0 rings (SSSR count). The Morgan fingerprint density at radius 3 is 2.20 bits per heavy atom. The van der Waals surface area contributed by atoms with Crippen molar-refractivity contribution in [3.05, 3.63) is 0 Å². The number of rotatable bonds is 8. The maximum absolute atomic E-state index is 12.3. The fraction of sp³-hybridized carbons (Fsp3) is 0.778. The van der Waals surface area contributed by atoms with Crippen molar-refractivity contribution in [3.8, 4) is 6.07 Å². The summed E-state index contributed by atoms with van der Waals surface area (Å²) in [5, 5.41) is 5.85. The topological polar surface area (TPSA) is 129 Å². The SMILES string of the molecule is COP(=O)(OC)C(C)(OS(C)(=O)=O)C(=O)OCCC#N. The largest absolute Gasteiger partial charge is 0.462 e. The van der Waals surface area contributed by atoms with Crippen molar-refractivity contribution < 1.29 is 35.7 Å². The van der Waals surface area contributed by atoms with E-state index in [2.05, 4.69) is 18.0 Å². The summed E-state index contributed by atoms with van der Waals surface area (Å²) >= 11 is 0. The summed E-state index contributed by atoms with van der Waals surface area (Å²) in [4.78, 5) is 11.9. The molecule has 0 N–H and O–H groups in total. The molecular formula is C9H16NO8PS. The molecular weight excluding hydrogens is 313 g/mol. The van der Waals surface area contributed by atoms with E-state index >= 15 is 0 Å². The third kappa shape index (κ3) is 4.54. The lowest BCUT2D eigenvalue weighted by molar-refractivity contribution is -0.155. The number of nitriles is 1. The molecule has 0 fully saturated rings. The molecule has 0 aliphatic rings. The van der Waals surface area contributed by atoms with Crippen molar-refractivity contribution in [1.82, 2.24) is 0 Å². The second-order valence-electron chi connectivity index (χ2n) is 3.68. The van der Waals surface area contributed by atoms with E-state index in [4.69, 9.17) is 5.26 Å². The summed E-state index contributed by atoms with van der Waals surface area (Å²) in [6.45, 7) is 0.599. The molecule has 0 saturated carbocycles. The fourth-order valence-corrected chi connectivity index (χ4v) is 3.80. The van der Waals surface area contributed by atoms with Crippen molar-refractivity contribution in [3.63, 3.8) is 0 Å². The van der Waals surface area contributed by atoms with Gasteiger partial charge in [0.2, 0.25) is 0 Å². The van der Waals surface area contributed by atoms with Crippen LogP contribution in [0.25, 0.3) is 0 Å². The van der Waals surface area contributed by atoms with E-state index in [1.807, 2.05) is 0 Å². The quantitative estimate of drug-likeness (QED) is 0.272. The van der Waals surface area contributed by atoms with Crippen LogP contribution in [-0.4, -0.2) is 46.8 Å². The van der Waals surface area contributed by atoms with Crippen LogP contribution in [0, 0.1) is 11.3 Å². The van der Waals surface area contributed by atoms with Gasteiger partial charge in [-0.05, 0) is 6.92 Å². The van der Waals surface area contributed by atoms with Crippen LogP contribution >= 0.6 is 7.60 Å². The van der Waals surface area contributed by atoms with Crippen LogP contribution < -0.4 is 0 Å². The van der Waals surface area contributed by atoms with Crippen molar-refractivity contribution >= 4 is 23.7 Å². The summed E-state index contributed by atoms with van der Waals surface area (Å²) in [5.74, 6) is -1.27. The van der Waals surface area contributed by atoms with Crippen molar-refractivity contribution in [2.24, 2.45) is 0 Å². The van der Waals surface area contributed by atoms with Gasteiger partial charge in [-0.2, -0.15) is 13.7 Å². The number of ether oxygens (including phenoxy) is 1. The number of esters is 1. The van der Waals surface area contributed by atoms with Crippen LogP contribution in [0.15, 0.2) is 0 Å². The summed E-state index contributed by atoms with van der Waals surface area (Å²) < 4.78 is 53.2. The Bertz CT molecular complexity index is 531. The number of nitrogens with zero attached hydrogens (tertiary/aromatic N) is 1. The highest BCUT2D eigenvalue weighted by molar-refractivity contribution is 7.86. The van der Waals surface area contributed by atoms with Crippen LogP contribution in [-0.2, 0) is 37.4 Å². The lowest BCUT2D eigenvalue weighted by atomic mass is 10.4. The lowest BCUT2D eigenvalue weighted by Crippen LogP contribution is -2.42. The van der Waals surface area contributed by atoms with E-state index in [0.29, 0.717) is 6.26 Å². The predicted molar refractivity (Wildman–Crippen MR) is 67.1 cm³/mol. The fourth-order valence-electron chi connectivity index (χ4n) is 1.23. The average molecular weight is 329 g/mol. The van der Waals surface area contributed by atoms with Crippen LogP contribution in [0.2, 0.25) is 0 Å². The van der Waals surface area contributed by atoms with Gasteiger partial charge >= 0.3 is 13.6 Å². The summed E-state index contributed by atoms with van der Waals surface area (Å²) in [7, 11) is -6.48. The van der Waals surface area contributed by atoms with E-state index in [1.165, 1.54) is 0 Å². The molecule has 0 heterocycles. The molecule has 0 amide bonds. The zero-order valence-corrected chi connectivity index (χ0v) is 13.2. The molecule has 0 aromatic rings. The Kier molecular flexibility index (Phi) is 6.80. The molecule has 1 atom stereocenters. The van der Waals surface area contributed by atoms with Gasteiger partial charge in [0, 0.05) is 14.2 Å². The summed E-state index contributed by atoms with van der Waals surface area (Å²) in [6, 6.07) is 1.72. The van der Waals surface area contributed by atoms with Gasteiger partial charge in [0.05, 0.1) is 18.7 Å². The lowest BCUT2D eigenvalue weighted by Gasteiger charge is -2.30. The van der Waals surface area contributed by atoms with Gasteiger partial charge in [0.1, 0.15) is 6.61 Å². The Morgan fingerprint density at radius 1 is 1.35 bits per heavy atom. The standard InChI is InChI=1S/C9H16NO8PS/c1-9(18-20(4,13)14,19(12,15-2)16-3)8(11)17-7-5-6-10/h5,7H2,1-4H3. The number of carbonyl (C=O) groups is 1. The summed E-state index contributed by atoms with van der Waals surface area (Å²) in [5.41, 5.74) is 0. The second kappa shape index (κ2) is 7.15. The van der Waals surface area contributed by atoms with E-state index in [1.54, 1.807) is 6.07 Å². The minimum atomic E-state index is -4.26. The van der Waals surface area contributed by atoms with Crippen LogP contribution in [0.4, 0.5) is 0 Å². The van der Waals surface area contributed by atoms with E-state index in [9.17, 15) is 17.8 Å². The van der Waals surface area contributed by atoms with E-state index < -0.39 is 29.0 Å². The van der Waals surface area contributed by atoms with Crippen molar-refractivity contribution in [2.75, 3.05) is 27.1 Å². The molecule has 0 spiro atoms. The molecule has 0 aliphatic heterocycles. The highest BCUT2D eigenvalue weighted by Gasteiger charge is 2.57. The van der Waals surface area contributed by atoms with Crippen LogP contribution in [0.1, 0.15) is 13.3 Å². The van der Waals surface area contributed by atoms with Crippen LogP contribution in [0.5, 0.6) is 0 Å². The molecule has 0 aromatic heterocycles. The Labute approximate surface area is 117 Å². The first-order chi connectivity index (χ1) is 9.06. The van der Waals surface area contributed by atoms with Gasteiger partial charge in [-0.15, -0.1) is 0 Å². The van der Waals surface area contributed by atoms with E-state index in [0.717, 1.165) is 21.1 Å². The third-order valence-electron chi connectivity index (χ3n) is 2.14.